The highest BCUT2D eigenvalue weighted by molar-refractivity contribution is 5.42. The molecule has 1 aromatic rings. The Morgan fingerprint density at radius 1 is 1.32 bits per heavy atom. The Morgan fingerprint density at radius 2 is 1.95 bits per heavy atom. The monoisotopic (exact) mass is 262 g/mol. The van der Waals surface area contributed by atoms with Gasteiger partial charge in [-0.3, -0.25) is 0 Å². The summed E-state index contributed by atoms with van der Waals surface area (Å²) < 4.78 is 0. The van der Waals surface area contributed by atoms with Crippen LogP contribution in [0.25, 0.3) is 0 Å². The van der Waals surface area contributed by atoms with E-state index >= 15 is 0 Å². The van der Waals surface area contributed by atoms with E-state index in [0.29, 0.717) is 5.75 Å². The molecule has 0 bridgehead atoms. The van der Waals surface area contributed by atoms with Gasteiger partial charge in [-0.05, 0) is 63.5 Å². The maximum atomic E-state index is 9.80. The highest BCUT2D eigenvalue weighted by atomic mass is 16.3. The van der Waals surface area contributed by atoms with Crippen molar-refractivity contribution in [3.05, 3.63) is 28.8 Å². The molecule has 1 aliphatic heterocycles. The lowest BCUT2D eigenvalue weighted by atomic mass is 10.0. The van der Waals surface area contributed by atoms with Crippen LogP contribution in [0.4, 0.5) is 0 Å². The SMILES string of the molecule is Cc1cc(CN(C)CC2CCN(C)C2)cc(C)c1O. The highest BCUT2D eigenvalue weighted by Gasteiger charge is 2.20. The van der Waals surface area contributed by atoms with Crippen LogP contribution in [0, 0.1) is 19.8 Å². The number of benzene rings is 1. The topological polar surface area (TPSA) is 26.7 Å². The molecule has 0 saturated carbocycles. The second-order valence-corrected chi connectivity index (χ2v) is 6.19. The number of aryl methyl sites for hydroxylation is 2. The highest BCUT2D eigenvalue weighted by Crippen LogP contribution is 2.24. The smallest absolute Gasteiger partial charge is 0.121 e. The average Bonchev–Trinajstić information content (AvgIpc) is 2.71. The van der Waals surface area contributed by atoms with Crippen molar-refractivity contribution in [2.75, 3.05) is 33.7 Å². The van der Waals surface area contributed by atoms with Crippen molar-refractivity contribution < 1.29 is 5.11 Å². The van der Waals surface area contributed by atoms with Crippen LogP contribution in [0.5, 0.6) is 5.75 Å². The van der Waals surface area contributed by atoms with E-state index < -0.39 is 0 Å². The van der Waals surface area contributed by atoms with Gasteiger partial charge in [0.15, 0.2) is 0 Å². The number of likely N-dealkylation sites (tertiary alicyclic amines) is 1. The maximum Gasteiger partial charge on any atom is 0.121 e. The van der Waals surface area contributed by atoms with Gasteiger partial charge in [-0.15, -0.1) is 0 Å². The van der Waals surface area contributed by atoms with Crippen LogP contribution in [0.15, 0.2) is 12.1 Å². The van der Waals surface area contributed by atoms with E-state index in [-0.39, 0.29) is 0 Å². The summed E-state index contributed by atoms with van der Waals surface area (Å²) in [6.45, 7) is 8.51. The minimum Gasteiger partial charge on any atom is -0.507 e. The van der Waals surface area contributed by atoms with E-state index in [0.717, 1.165) is 30.1 Å². The molecule has 106 valence electrons. The standard InChI is InChI=1S/C16H26N2O/c1-12-7-15(8-13(2)16(12)19)11-18(4)10-14-5-6-17(3)9-14/h7-8,14,19H,5-6,9-11H2,1-4H3. The zero-order chi connectivity index (χ0) is 14.0. The van der Waals surface area contributed by atoms with Gasteiger partial charge < -0.3 is 14.9 Å². The molecule has 1 aromatic carbocycles. The molecule has 1 atom stereocenters. The molecule has 0 radical (unpaired) electrons. The van der Waals surface area contributed by atoms with Gasteiger partial charge in [0, 0.05) is 19.6 Å². The number of hydrogen-bond donors (Lipinski definition) is 1. The van der Waals surface area contributed by atoms with Crippen molar-refractivity contribution in [2.45, 2.75) is 26.8 Å². The molecule has 19 heavy (non-hydrogen) atoms. The summed E-state index contributed by atoms with van der Waals surface area (Å²) in [5.74, 6) is 1.23. The minimum atomic E-state index is 0.434. The molecule has 1 heterocycles. The molecule has 0 amide bonds. The van der Waals surface area contributed by atoms with Crippen LogP contribution < -0.4 is 0 Å². The van der Waals surface area contributed by atoms with Gasteiger partial charge in [0.05, 0.1) is 0 Å². The molecule has 1 fully saturated rings. The van der Waals surface area contributed by atoms with E-state index in [2.05, 4.69) is 36.0 Å². The first kappa shape index (κ1) is 14.4. The normalized spacial score (nSPS) is 20.4. The van der Waals surface area contributed by atoms with Gasteiger partial charge in [-0.25, -0.2) is 0 Å². The zero-order valence-corrected chi connectivity index (χ0v) is 12.6. The molecule has 0 aromatic heterocycles. The van der Waals surface area contributed by atoms with E-state index in [1.807, 2.05) is 13.8 Å². The van der Waals surface area contributed by atoms with Crippen molar-refractivity contribution in [2.24, 2.45) is 5.92 Å². The number of phenols is 1. The molecule has 1 saturated heterocycles. The van der Waals surface area contributed by atoms with Crippen LogP contribution in [0.1, 0.15) is 23.1 Å². The van der Waals surface area contributed by atoms with Crippen LogP contribution in [-0.2, 0) is 6.54 Å². The predicted octanol–water partition coefficient (Wildman–Crippen LogP) is 2.39. The van der Waals surface area contributed by atoms with Crippen molar-refractivity contribution in [1.29, 1.82) is 0 Å². The fourth-order valence-electron chi connectivity index (χ4n) is 3.13. The Morgan fingerprint density at radius 3 is 2.47 bits per heavy atom. The molecule has 0 spiro atoms. The maximum absolute atomic E-state index is 9.80. The molecule has 1 N–H and O–H groups in total. The van der Waals surface area contributed by atoms with E-state index in [1.54, 1.807) is 0 Å². The van der Waals surface area contributed by atoms with Gasteiger partial charge in [-0.2, -0.15) is 0 Å². The predicted molar refractivity (Wildman–Crippen MR) is 79.5 cm³/mol. The largest absolute Gasteiger partial charge is 0.507 e. The third-order valence-corrected chi connectivity index (χ3v) is 4.06. The second-order valence-electron chi connectivity index (χ2n) is 6.19. The lowest BCUT2D eigenvalue weighted by molar-refractivity contribution is 0.267. The lowest BCUT2D eigenvalue weighted by Crippen LogP contribution is -2.27. The number of aromatic hydroxyl groups is 1. The third kappa shape index (κ3) is 3.71. The Hall–Kier alpha value is -1.06. The van der Waals surface area contributed by atoms with Crippen molar-refractivity contribution in [3.8, 4) is 5.75 Å². The summed E-state index contributed by atoms with van der Waals surface area (Å²) in [4.78, 5) is 4.81. The van der Waals surface area contributed by atoms with Gasteiger partial charge in [0.1, 0.15) is 5.75 Å². The van der Waals surface area contributed by atoms with Crippen LogP contribution in [-0.4, -0.2) is 48.6 Å². The van der Waals surface area contributed by atoms with E-state index in [1.165, 1.54) is 25.1 Å². The summed E-state index contributed by atoms with van der Waals surface area (Å²) in [6.07, 6.45) is 1.31. The van der Waals surface area contributed by atoms with Crippen LogP contribution >= 0.6 is 0 Å². The van der Waals surface area contributed by atoms with Crippen molar-refractivity contribution in [3.63, 3.8) is 0 Å². The van der Waals surface area contributed by atoms with Gasteiger partial charge in [-0.1, -0.05) is 12.1 Å². The molecule has 3 heteroatoms. The molecule has 0 aliphatic carbocycles. The fraction of sp³-hybridized carbons (Fsp3) is 0.625. The summed E-state index contributed by atoms with van der Waals surface area (Å²) in [7, 11) is 4.39. The second kappa shape index (κ2) is 5.93. The van der Waals surface area contributed by atoms with Crippen molar-refractivity contribution >= 4 is 0 Å². The quantitative estimate of drug-likeness (QED) is 0.902. The van der Waals surface area contributed by atoms with Gasteiger partial charge in [0.2, 0.25) is 0 Å². The summed E-state index contributed by atoms with van der Waals surface area (Å²) in [5, 5.41) is 9.80. The number of phenolic OH excluding ortho intramolecular Hbond substituents is 1. The number of hydrogen-bond acceptors (Lipinski definition) is 3. The van der Waals surface area contributed by atoms with E-state index in [9.17, 15) is 5.11 Å². The Labute approximate surface area is 116 Å². The first-order valence-electron chi connectivity index (χ1n) is 7.12. The van der Waals surface area contributed by atoms with Gasteiger partial charge >= 0.3 is 0 Å². The summed E-state index contributed by atoms with van der Waals surface area (Å²) in [5.41, 5.74) is 3.25. The van der Waals surface area contributed by atoms with Crippen LogP contribution in [0.2, 0.25) is 0 Å². The van der Waals surface area contributed by atoms with Gasteiger partial charge in [0.25, 0.3) is 0 Å². The third-order valence-electron chi connectivity index (χ3n) is 4.06. The Balaban J connectivity index is 1.93. The molecule has 3 nitrogen and oxygen atoms in total. The molecule has 1 aliphatic rings. The first-order chi connectivity index (χ1) is 8.95. The fourth-order valence-corrected chi connectivity index (χ4v) is 3.13. The Kier molecular flexibility index (Phi) is 4.48. The number of nitrogens with zero attached hydrogens (tertiary/aromatic N) is 2. The summed E-state index contributed by atoms with van der Waals surface area (Å²) in [6, 6.07) is 4.19. The van der Waals surface area contributed by atoms with Crippen molar-refractivity contribution in [1.82, 2.24) is 9.80 Å². The molecule has 1 unspecified atom stereocenters. The summed E-state index contributed by atoms with van der Waals surface area (Å²) >= 11 is 0. The molecular weight excluding hydrogens is 236 g/mol. The zero-order valence-electron chi connectivity index (χ0n) is 12.6. The molecular formula is C16H26N2O. The van der Waals surface area contributed by atoms with Crippen LogP contribution in [0.3, 0.4) is 0 Å². The average molecular weight is 262 g/mol. The first-order valence-corrected chi connectivity index (χ1v) is 7.12. The Bertz CT molecular complexity index is 421. The lowest BCUT2D eigenvalue weighted by Gasteiger charge is -2.21. The minimum absolute atomic E-state index is 0.434. The number of rotatable bonds is 4. The molecule has 2 rings (SSSR count). The van der Waals surface area contributed by atoms with E-state index in [4.69, 9.17) is 0 Å².